The normalized spacial score (nSPS) is 39.7. The van der Waals surface area contributed by atoms with Crippen molar-refractivity contribution in [3.8, 4) is 0 Å². The topological polar surface area (TPSA) is 64.6 Å². The maximum Gasteiger partial charge on any atom is 0.315 e. The fraction of sp³-hybridized carbons (Fsp3) is 0.944. The third-order valence-electron chi connectivity index (χ3n) is 6.40. The number of rotatable bonds is 5. The summed E-state index contributed by atoms with van der Waals surface area (Å²) < 4.78 is 0. The van der Waals surface area contributed by atoms with Crippen molar-refractivity contribution in [2.24, 2.45) is 23.7 Å². The summed E-state index contributed by atoms with van der Waals surface area (Å²) in [5.74, 6) is 2.25. The van der Waals surface area contributed by atoms with Crippen LogP contribution in [0.25, 0.3) is 0 Å². The number of carbonyl (C=O) groups excluding carboxylic acids is 1. The predicted molar refractivity (Wildman–Crippen MR) is 91.2 cm³/mol. The summed E-state index contributed by atoms with van der Waals surface area (Å²) in [5.41, 5.74) is 0. The van der Waals surface area contributed by atoms with Gasteiger partial charge in [-0.2, -0.15) is 0 Å². The van der Waals surface area contributed by atoms with Gasteiger partial charge >= 0.3 is 6.03 Å². The Bertz CT molecular complexity index is 407. The van der Waals surface area contributed by atoms with E-state index in [2.05, 4.69) is 29.6 Å². The molecule has 23 heavy (non-hydrogen) atoms. The molecule has 0 aliphatic heterocycles. The first-order valence-corrected chi connectivity index (χ1v) is 9.39. The quantitative estimate of drug-likeness (QED) is 0.723. The smallest absolute Gasteiger partial charge is 0.315 e. The highest BCUT2D eigenvalue weighted by Gasteiger charge is 2.47. The second kappa shape index (κ2) is 7.39. The van der Waals surface area contributed by atoms with Crippen molar-refractivity contribution < 1.29 is 9.90 Å². The molecule has 0 aromatic carbocycles. The summed E-state index contributed by atoms with van der Waals surface area (Å²) in [6.45, 7) is 1.37. The summed E-state index contributed by atoms with van der Waals surface area (Å²) in [5, 5.41) is 16.0. The van der Waals surface area contributed by atoms with Crippen molar-refractivity contribution >= 4 is 6.03 Å². The summed E-state index contributed by atoms with van der Waals surface area (Å²) >= 11 is 0. The predicted octanol–water partition coefficient (Wildman–Crippen LogP) is 1.81. The molecule has 4 unspecified atom stereocenters. The number of hydrogen-bond acceptors (Lipinski definition) is 3. The van der Waals surface area contributed by atoms with Crippen molar-refractivity contribution in [1.82, 2.24) is 15.5 Å². The first-order chi connectivity index (χ1) is 11.1. The fourth-order valence-electron chi connectivity index (χ4n) is 5.28. The van der Waals surface area contributed by atoms with Gasteiger partial charge in [-0.25, -0.2) is 4.79 Å². The Morgan fingerprint density at radius 1 is 1.04 bits per heavy atom. The van der Waals surface area contributed by atoms with Crippen molar-refractivity contribution in [2.75, 3.05) is 27.2 Å². The molecule has 0 saturated heterocycles. The van der Waals surface area contributed by atoms with Crippen LogP contribution in [0.2, 0.25) is 0 Å². The Morgan fingerprint density at radius 2 is 1.74 bits per heavy atom. The maximum atomic E-state index is 12.4. The van der Waals surface area contributed by atoms with Crippen molar-refractivity contribution in [3.05, 3.63) is 0 Å². The first kappa shape index (κ1) is 17.0. The van der Waals surface area contributed by atoms with Gasteiger partial charge in [-0.15, -0.1) is 0 Å². The van der Waals surface area contributed by atoms with Crippen molar-refractivity contribution in [2.45, 2.75) is 57.0 Å². The zero-order chi connectivity index (χ0) is 16.4. The van der Waals surface area contributed by atoms with Gasteiger partial charge in [0.15, 0.2) is 0 Å². The van der Waals surface area contributed by atoms with E-state index in [0.717, 1.165) is 25.3 Å². The van der Waals surface area contributed by atoms with Gasteiger partial charge in [0, 0.05) is 31.2 Å². The van der Waals surface area contributed by atoms with Gasteiger partial charge in [0.1, 0.15) is 0 Å². The lowest BCUT2D eigenvalue weighted by Gasteiger charge is -2.33. The molecule has 0 aromatic rings. The van der Waals surface area contributed by atoms with Crippen LogP contribution >= 0.6 is 0 Å². The average molecular weight is 323 g/mol. The van der Waals surface area contributed by atoms with E-state index in [1.165, 1.54) is 32.1 Å². The molecule has 3 aliphatic rings. The number of carbonyl (C=O) groups is 1. The molecule has 2 amide bonds. The zero-order valence-electron chi connectivity index (χ0n) is 14.6. The highest BCUT2D eigenvalue weighted by atomic mass is 16.3. The summed E-state index contributed by atoms with van der Waals surface area (Å²) in [6, 6.07) is 0.487. The minimum atomic E-state index is -0.0166. The molecule has 3 rings (SSSR count). The molecule has 0 spiro atoms. The number of aliphatic hydroxyl groups excluding tert-OH is 1. The standard InChI is InChI=1S/C18H33N3O2/c1-21(2)10-12-3-7-15(8-4-12)19-18(23)20-17-14-6-5-13(9-14)16(17)11-22/h12-17,22H,3-11H2,1-2H3,(H2,19,20,23). The minimum Gasteiger partial charge on any atom is -0.396 e. The summed E-state index contributed by atoms with van der Waals surface area (Å²) in [7, 11) is 4.26. The van der Waals surface area contributed by atoms with Gasteiger partial charge < -0.3 is 20.6 Å². The lowest BCUT2D eigenvalue weighted by Crippen LogP contribution is -2.51. The second-order valence-electron chi connectivity index (χ2n) is 8.30. The van der Waals surface area contributed by atoms with Crippen LogP contribution < -0.4 is 10.6 Å². The Hall–Kier alpha value is -0.810. The SMILES string of the molecule is CN(C)CC1CCC(NC(=O)NC2C3CCC(C3)C2CO)CC1. The van der Waals surface area contributed by atoms with Crippen molar-refractivity contribution in [3.63, 3.8) is 0 Å². The highest BCUT2D eigenvalue weighted by molar-refractivity contribution is 5.74. The van der Waals surface area contributed by atoms with E-state index in [9.17, 15) is 9.90 Å². The van der Waals surface area contributed by atoms with E-state index in [-0.39, 0.29) is 24.6 Å². The number of nitrogens with one attached hydrogen (secondary N) is 2. The number of aliphatic hydroxyl groups is 1. The molecular formula is C18H33N3O2. The zero-order valence-corrected chi connectivity index (χ0v) is 14.6. The van der Waals surface area contributed by atoms with Gasteiger partial charge in [-0.1, -0.05) is 0 Å². The Morgan fingerprint density at radius 3 is 2.39 bits per heavy atom. The third kappa shape index (κ3) is 4.00. The minimum absolute atomic E-state index is 0.0166. The number of nitrogens with zero attached hydrogens (tertiary/aromatic N) is 1. The van der Waals surface area contributed by atoms with E-state index in [1.807, 2.05) is 0 Å². The number of fused-ring (bicyclic) bond motifs is 2. The molecule has 0 aromatic heterocycles. The van der Waals surface area contributed by atoms with Crippen LogP contribution in [0.3, 0.4) is 0 Å². The van der Waals surface area contributed by atoms with Gasteiger partial charge in [0.05, 0.1) is 0 Å². The molecule has 0 heterocycles. The Balaban J connectivity index is 1.42. The molecule has 3 fully saturated rings. The van der Waals surface area contributed by atoms with Crippen LogP contribution in [0, 0.1) is 23.7 Å². The van der Waals surface area contributed by atoms with Crippen LogP contribution in [-0.4, -0.2) is 55.4 Å². The van der Waals surface area contributed by atoms with Crippen LogP contribution in [0.5, 0.6) is 0 Å². The molecule has 132 valence electrons. The van der Waals surface area contributed by atoms with Gasteiger partial charge in [-0.05, 0) is 76.8 Å². The van der Waals surface area contributed by atoms with Crippen LogP contribution in [0.1, 0.15) is 44.9 Å². The monoisotopic (exact) mass is 323 g/mol. The third-order valence-corrected chi connectivity index (χ3v) is 6.40. The van der Waals surface area contributed by atoms with Crippen molar-refractivity contribution in [1.29, 1.82) is 0 Å². The molecule has 2 bridgehead atoms. The molecule has 3 N–H and O–H groups in total. The molecule has 3 aliphatic carbocycles. The number of urea groups is 1. The van der Waals surface area contributed by atoms with E-state index in [4.69, 9.17) is 0 Å². The summed E-state index contributed by atoms with van der Waals surface area (Å²) in [4.78, 5) is 14.6. The van der Waals surface area contributed by atoms with Gasteiger partial charge in [-0.3, -0.25) is 0 Å². The van der Waals surface area contributed by atoms with E-state index in [0.29, 0.717) is 17.9 Å². The molecule has 4 atom stereocenters. The highest BCUT2D eigenvalue weighted by Crippen LogP contribution is 2.48. The molecule has 3 saturated carbocycles. The van der Waals surface area contributed by atoms with E-state index >= 15 is 0 Å². The molecular weight excluding hydrogens is 290 g/mol. The molecule has 5 heteroatoms. The van der Waals surface area contributed by atoms with Crippen LogP contribution in [0.15, 0.2) is 0 Å². The Kier molecular flexibility index (Phi) is 5.47. The average Bonchev–Trinajstić information content (AvgIpc) is 3.09. The maximum absolute atomic E-state index is 12.4. The lowest BCUT2D eigenvalue weighted by atomic mass is 9.85. The first-order valence-electron chi connectivity index (χ1n) is 9.39. The Labute approximate surface area is 140 Å². The number of hydrogen-bond donors (Lipinski definition) is 3. The largest absolute Gasteiger partial charge is 0.396 e. The second-order valence-corrected chi connectivity index (χ2v) is 8.30. The lowest BCUT2D eigenvalue weighted by molar-refractivity contribution is 0.143. The molecule has 5 nitrogen and oxygen atoms in total. The summed E-state index contributed by atoms with van der Waals surface area (Å²) in [6.07, 6.45) is 8.21. The number of amides is 2. The van der Waals surface area contributed by atoms with E-state index < -0.39 is 0 Å². The fourth-order valence-corrected chi connectivity index (χ4v) is 5.28. The van der Waals surface area contributed by atoms with Gasteiger partial charge in [0.25, 0.3) is 0 Å². The van der Waals surface area contributed by atoms with E-state index in [1.54, 1.807) is 0 Å². The van der Waals surface area contributed by atoms with Gasteiger partial charge in [0.2, 0.25) is 0 Å². The van der Waals surface area contributed by atoms with Crippen LogP contribution in [-0.2, 0) is 0 Å². The molecule has 0 radical (unpaired) electrons. The van der Waals surface area contributed by atoms with Crippen LogP contribution in [0.4, 0.5) is 4.79 Å².